The standard InChI is InChI=1S/C8H10N2O/c1-6-7(2-8-4-11-8)3-9-5-10-6/h3,5,8H,2,4H2,1H3. The quantitative estimate of drug-likeness (QED) is 0.583. The zero-order valence-corrected chi connectivity index (χ0v) is 6.45. The van der Waals surface area contributed by atoms with E-state index in [-0.39, 0.29) is 0 Å². The van der Waals surface area contributed by atoms with E-state index in [4.69, 9.17) is 4.74 Å². The van der Waals surface area contributed by atoms with E-state index in [0.717, 1.165) is 18.7 Å². The summed E-state index contributed by atoms with van der Waals surface area (Å²) in [5.41, 5.74) is 2.27. The fourth-order valence-electron chi connectivity index (χ4n) is 1.05. The molecule has 11 heavy (non-hydrogen) atoms. The Morgan fingerprint density at radius 1 is 1.73 bits per heavy atom. The number of epoxide rings is 1. The van der Waals surface area contributed by atoms with E-state index in [1.165, 1.54) is 5.56 Å². The molecule has 1 aliphatic heterocycles. The molecule has 1 saturated heterocycles. The van der Waals surface area contributed by atoms with Gasteiger partial charge in [0.2, 0.25) is 0 Å². The zero-order valence-electron chi connectivity index (χ0n) is 6.45. The SMILES string of the molecule is Cc1ncncc1CC1CO1. The van der Waals surface area contributed by atoms with Crippen LogP contribution in [0.3, 0.4) is 0 Å². The van der Waals surface area contributed by atoms with Crippen molar-refractivity contribution in [3.05, 3.63) is 23.8 Å². The summed E-state index contributed by atoms with van der Waals surface area (Å²) >= 11 is 0. The molecule has 1 atom stereocenters. The molecule has 1 fully saturated rings. The van der Waals surface area contributed by atoms with E-state index in [1.54, 1.807) is 6.33 Å². The zero-order chi connectivity index (χ0) is 7.68. The monoisotopic (exact) mass is 150 g/mol. The van der Waals surface area contributed by atoms with Crippen molar-refractivity contribution >= 4 is 0 Å². The third kappa shape index (κ3) is 1.54. The van der Waals surface area contributed by atoms with E-state index >= 15 is 0 Å². The second-order valence-electron chi connectivity index (χ2n) is 2.79. The van der Waals surface area contributed by atoms with Crippen molar-refractivity contribution in [2.24, 2.45) is 0 Å². The van der Waals surface area contributed by atoms with E-state index in [2.05, 4.69) is 9.97 Å². The predicted octanol–water partition coefficient (Wildman–Crippen LogP) is 0.726. The molecule has 1 aromatic heterocycles. The number of nitrogens with zero attached hydrogens (tertiary/aromatic N) is 2. The molecule has 0 aromatic carbocycles. The van der Waals surface area contributed by atoms with Gasteiger partial charge in [0.1, 0.15) is 6.33 Å². The minimum atomic E-state index is 0.430. The van der Waals surface area contributed by atoms with Crippen LogP contribution in [0.4, 0.5) is 0 Å². The van der Waals surface area contributed by atoms with Gasteiger partial charge in [-0.1, -0.05) is 0 Å². The van der Waals surface area contributed by atoms with Crippen molar-refractivity contribution in [2.45, 2.75) is 19.4 Å². The van der Waals surface area contributed by atoms with Gasteiger partial charge in [-0.15, -0.1) is 0 Å². The number of hydrogen-bond donors (Lipinski definition) is 0. The predicted molar refractivity (Wildman–Crippen MR) is 40.2 cm³/mol. The van der Waals surface area contributed by atoms with Crippen LogP contribution in [0.25, 0.3) is 0 Å². The molecule has 0 amide bonds. The topological polar surface area (TPSA) is 38.3 Å². The highest BCUT2D eigenvalue weighted by molar-refractivity contribution is 5.15. The van der Waals surface area contributed by atoms with Crippen LogP contribution in [0.15, 0.2) is 12.5 Å². The summed E-state index contributed by atoms with van der Waals surface area (Å²) in [5, 5.41) is 0. The summed E-state index contributed by atoms with van der Waals surface area (Å²) in [7, 11) is 0. The molecule has 3 heteroatoms. The highest BCUT2D eigenvalue weighted by Crippen LogP contribution is 2.16. The molecule has 1 aliphatic rings. The lowest BCUT2D eigenvalue weighted by molar-refractivity contribution is 0.407. The molecule has 0 saturated carbocycles. The van der Waals surface area contributed by atoms with Gasteiger partial charge in [-0.25, -0.2) is 9.97 Å². The summed E-state index contributed by atoms with van der Waals surface area (Å²) < 4.78 is 5.11. The van der Waals surface area contributed by atoms with Crippen LogP contribution in [0.2, 0.25) is 0 Å². The number of aryl methyl sites for hydroxylation is 1. The van der Waals surface area contributed by atoms with Crippen molar-refractivity contribution in [1.82, 2.24) is 9.97 Å². The Balaban J connectivity index is 2.15. The van der Waals surface area contributed by atoms with Gasteiger partial charge >= 0.3 is 0 Å². The van der Waals surface area contributed by atoms with Crippen LogP contribution in [0.1, 0.15) is 11.3 Å². The van der Waals surface area contributed by atoms with Crippen LogP contribution in [0, 0.1) is 6.92 Å². The molecular formula is C8H10N2O. The number of hydrogen-bond acceptors (Lipinski definition) is 3. The second kappa shape index (κ2) is 2.58. The molecular weight excluding hydrogens is 140 g/mol. The maximum Gasteiger partial charge on any atom is 0.115 e. The Kier molecular flexibility index (Phi) is 1.58. The molecule has 3 nitrogen and oxygen atoms in total. The van der Waals surface area contributed by atoms with E-state index in [9.17, 15) is 0 Å². The van der Waals surface area contributed by atoms with Crippen LogP contribution >= 0.6 is 0 Å². The molecule has 0 spiro atoms. The molecule has 1 aromatic rings. The van der Waals surface area contributed by atoms with Crippen molar-refractivity contribution in [3.8, 4) is 0 Å². The Morgan fingerprint density at radius 2 is 2.55 bits per heavy atom. The van der Waals surface area contributed by atoms with E-state index in [1.807, 2.05) is 13.1 Å². The van der Waals surface area contributed by atoms with Gasteiger partial charge in [0.15, 0.2) is 0 Å². The largest absolute Gasteiger partial charge is 0.373 e. The fraction of sp³-hybridized carbons (Fsp3) is 0.500. The highest BCUT2D eigenvalue weighted by Gasteiger charge is 2.23. The van der Waals surface area contributed by atoms with Gasteiger partial charge in [-0.05, 0) is 12.5 Å². The average molecular weight is 150 g/mol. The lowest BCUT2D eigenvalue weighted by atomic mass is 10.1. The van der Waals surface area contributed by atoms with Crippen LogP contribution in [-0.2, 0) is 11.2 Å². The summed E-state index contributed by atoms with van der Waals surface area (Å²) in [5.74, 6) is 0. The third-order valence-electron chi connectivity index (χ3n) is 1.86. The molecule has 0 aliphatic carbocycles. The first-order valence-electron chi connectivity index (χ1n) is 3.73. The van der Waals surface area contributed by atoms with Gasteiger partial charge in [0.05, 0.1) is 12.7 Å². The number of rotatable bonds is 2. The molecule has 1 unspecified atom stereocenters. The molecule has 2 rings (SSSR count). The minimum Gasteiger partial charge on any atom is -0.373 e. The number of ether oxygens (including phenoxy) is 1. The van der Waals surface area contributed by atoms with Crippen molar-refractivity contribution in [3.63, 3.8) is 0 Å². The Hall–Kier alpha value is -0.960. The molecule has 0 radical (unpaired) electrons. The van der Waals surface area contributed by atoms with E-state index in [0.29, 0.717) is 6.10 Å². The molecule has 58 valence electrons. The highest BCUT2D eigenvalue weighted by atomic mass is 16.6. The van der Waals surface area contributed by atoms with Gasteiger partial charge < -0.3 is 4.74 Å². The van der Waals surface area contributed by atoms with Gasteiger partial charge in [0, 0.05) is 18.3 Å². The first-order valence-corrected chi connectivity index (χ1v) is 3.73. The fourth-order valence-corrected chi connectivity index (χ4v) is 1.05. The first kappa shape index (κ1) is 6.73. The van der Waals surface area contributed by atoms with Crippen LogP contribution < -0.4 is 0 Å². The number of aromatic nitrogens is 2. The minimum absolute atomic E-state index is 0.430. The summed E-state index contributed by atoms with van der Waals surface area (Å²) in [4.78, 5) is 8.05. The van der Waals surface area contributed by atoms with Crippen molar-refractivity contribution in [2.75, 3.05) is 6.61 Å². The van der Waals surface area contributed by atoms with Crippen molar-refractivity contribution < 1.29 is 4.74 Å². The Bertz CT molecular complexity index is 258. The van der Waals surface area contributed by atoms with Crippen LogP contribution in [-0.4, -0.2) is 22.7 Å². The summed E-state index contributed by atoms with van der Waals surface area (Å²) in [6, 6.07) is 0. The normalized spacial score (nSPS) is 21.7. The second-order valence-corrected chi connectivity index (χ2v) is 2.79. The van der Waals surface area contributed by atoms with Gasteiger partial charge in [0.25, 0.3) is 0 Å². The third-order valence-corrected chi connectivity index (χ3v) is 1.86. The lowest BCUT2D eigenvalue weighted by Gasteiger charge is -1.99. The molecule has 2 heterocycles. The maximum atomic E-state index is 5.11. The van der Waals surface area contributed by atoms with Crippen molar-refractivity contribution in [1.29, 1.82) is 0 Å². The summed E-state index contributed by atoms with van der Waals surface area (Å²) in [6.45, 7) is 2.90. The maximum absolute atomic E-state index is 5.11. The molecule has 0 N–H and O–H groups in total. The van der Waals surface area contributed by atoms with Gasteiger partial charge in [-0.3, -0.25) is 0 Å². The smallest absolute Gasteiger partial charge is 0.115 e. The van der Waals surface area contributed by atoms with E-state index < -0.39 is 0 Å². The first-order chi connectivity index (χ1) is 5.36. The van der Waals surface area contributed by atoms with Crippen LogP contribution in [0.5, 0.6) is 0 Å². The average Bonchev–Trinajstić information content (AvgIpc) is 2.78. The Morgan fingerprint density at radius 3 is 3.18 bits per heavy atom. The molecule has 0 bridgehead atoms. The van der Waals surface area contributed by atoms with Gasteiger partial charge in [-0.2, -0.15) is 0 Å². The lowest BCUT2D eigenvalue weighted by Crippen LogP contribution is -1.98. The summed E-state index contributed by atoms with van der Waals surface area (Å²) in [6.07, 6.45) is 4.84. The Labute approximate surface area is 65.4 Å².